The minimum absolute atomic E-state index is 0.0470. The minimum atomic E-state index is -0.184. The molecule has 0 aliphatic heterocycles. The van der Waals surface area contributed by atoms with Crippen molar-refractivity contribution >= 4 is 45.7 Å². The van der Waals surface area contributed by atoms with Crippen molar-refractivity contribution in [2.75, 3.05) is 18.2 Å². The third-order valence-electron chi connectivity index (χ3n) is 4.72. The SMILES string of the molecule is COc1ccc2c(c1)cc(C)c1nnc(SCC(=O)Nc3cccc(C(C)=O)c3)n12. The molecule has 7 nitrogen and oxygen atoms in total. The highest BCUT2D eigenvalue weighted by Gasteiger charge is 2.14. The number of Topliss-reactive ketones (excluding diaryl/α,β-unsaturated/α-hetero) is 1. The second kappa shape index (κ2) is 8.16. The number of methoxy groups -OCH3 is 1. The predicted molar refractivity (Wildman–Crippen MR) is 118 cm³/mol. The van der Waals surface area contributed by atoms with E-state index in [1.807, 2.05) is 35.6 Å². The number of aryl methyl sites for hydroxylation is 1. The number of hydrogen-bond acceptors (Lipinski definition) is 6. The fourth-order valence-electron chi connectivity index (χ4n) is 3.26. The second-order valence-corrected chi connectivity index (χ2v) is 7.81. The Balaban J connectivity index is 1.57. The molecule has 0 atom stereocenters. The third-order valence-corrected chi connectivity index (χ3v) is 5.65. The zero-order valence-electron chi connectivity index (χ0n) is 16.8. The van der Waals surface area contributed by atoms with Crippen LogP contribution in [0.2, 0.25) is 0 Å². The lowest BCUT2D eigenvalue weighted by Gasteiger charge is -2.09. The van der Waals surface area contributed by atoms with Gasteiger partial charge in [-0.1, -0.05) is 23.9 Å². The largest absolute Gasteiger partial charge is 0.497 e. The summed E-state index contributed by atoms with van der Waals surface area (Å²) in [4.78, 5) is 24.0. The standard InChI is InChI=1S/C22H20N4O3S/c1-13-9-16-11-18(29-3)7-8-19(16)26-21(13)24-25-22(26)30-12-20(28)23-17-6-4-5-15(10-17)14(2)27/h4-11H,12H2,1-3H3,(H,23,28). The molecule has 0 saturated heterocycles. The van der Waals surface area contributed by atoms with Crippen LogP contribution in [0.4, 0.5) is 5.69 Å². The van der Waals surface area contributed by atoms with Gasteiger partial charge in [0.15, 0.2) is 16.6 Å². The number of amides is 1. The first-order valence-corrected chi connectivity index (χ1v) is 10.3. The molecule has 0 saturated carbocycles. The summed E-state index contributed by atoms with van der Waals surface area (Å²) in [6, 6.07) is 14.7. The van der Waals surface area contributed by atoms with Crippen LogP contribution in [0.3, 0.4) is 0 Å². The number of benzene rings is 2. The maximum Gasteiger partial charge on any atom is 0.234 e. The number of ether oxygens (including phenoxy) is 1. The smallest absolute Gasteiger partial charge is 0.234 e. The van der Waals surface area contributed by atoms with Crippen molar-refractivity contribution in [3.8, 4) is 5.75 Å². The summed E-state index contributed by atoms with van der Waals surface area (Å²) < 4.78 is 7.28. The Morgan fingerprint density at radius 2 is 1.97 bits per heavy atom. The van der Waals surface area contributed by atoms with E-state index in [2.05, 4.69) is 15.5 Å². The van der Waals surface area contributed by atoms with Crippen molar-refractivity contribution in [1.29, 1.82) is 0 Å². The number of nitrogens with one attached hydrogen (secondary N) is 1. The van der Waals surface area contributed by atoms with Crippen LogP contribution < -0.4 is 10.1 Å². The van der Waals surface area contributed by atoms with Crippen molar-refractivity contribution in [2.24, 2.45) is 0 Å². The van der Waals surface area contributed by atoms with Gasteiger partial charge in [0.1, 0.15) is 5.75 Å². The first-order chi connectivity index (χ1) is 14.5. The highest BCUT2D eigenvalue weighted by atomic mass is 32.2. The van der Waals surface area contributed by atoms with E-state index in [1.54, 1.807) is 31.4 Å². The zero-order chi connectivity index (χ0) is 21.3. The van der Waals surface area contributed by atoms with Gasteiger partial charge in [0.25, 0.3) is 0 Å². The van der Waals surface area contributed by atoms with Crippen LogP contribution in [0.1, 0.15) is 22.8 Å². The quantitative estimate of drug-likeness (QED) is 0.373. The molecule has 30 heavy (non-hydrogen) atoms. The van der Waals surface area contributed by atoms with Gasteiger partial charge in [0, 0.05) is 16.6 Å². The molecule has 0 spiro atoms. The molecular weight excluding hydrogens is 400 g/mol. The molecular formula is C22H20N4O3S. The number of hydrogen-bond donors (Lipinski definition) is 1. The molecule has 0 radical (unpaired) electrons. The number of pyridine rings is 1. The van der Waals surface area contributed by atoms with Crippen LogP contribution in [-0.2, 0) is 4.79 Å². The van der Waals surface area contributed by atoms with Gasteiger partial charge < -0.3 is 10.1 Å². The van der Waals surface area contributed by atoms with Crippen LogP contribution in [-0.4, -0.2) is 39.2 Å². The summed E-state index contributed by atoms with van der Waals surface area (Å²) in [5.74, 6) is 0.706. The van der Waals surface area contributed by atoms with Crippen molar-refractivity contribution in [3.05, 3.63) is 59.7 Å². The number of fused-ring (bicyclic) bond motifs is 3. The number of anilines is 1. The normalized spacial score (nSPS) is 11.0. The first kappa shape index (κ1) is 19.9. The Morgan fingerprint density at radius 3 is 2.73 bits per heavy atom. The molecule has 4 rings (SSSR count). The van der Waals surface area contributed by atoms with Crippen LogP contribution in [0.25, 0.3) is 16.6 Å². The Morgan fingerprint density at radius 1 is 1.13 bits per heavy atom. The molecule has 1 amide bonds. The minimum Gasteiger partial charge on any atom is -0.497 e. The zero-order valence-corrected chi connectivity index (χ0v) is 17.6. The van der Waals surface area contributed by atoms with E-state index >= 15 is 0 Å². The molecule has 0 unspecified atom stereocenters. The summed E-state index contributed by atoms with van der Waals surface area (Å²) in [6.07, 6.45) is 0. The van der Waals surface area contributed by atoms with E-state index in [9.17, 15) is 9.59 Å². The summed E-state index contributed by atoms with van der Waals surface area (Å²) in [7, 11) is 1.64. The number of carbonyl (C=O) groups is 2. The van der Waals surface area contributed by atoms with Gasteiger partial charge in [0.2, 0.25) is 5.91 Å². The Hall–Kier alpha value is -3.39. The fraction of sp³-hybridized carbons (Fsp3) is 0.182. The highest BCUT2D eigenvalue weighted by molar-refractivity contribution is 7.99. The summed E-state index contributed by atoms with van der Waals surface area (Å²) in [6.45, 7) is 3.47. The monoisotopic (exact) mass is 420 g/mol. The molecule has 0 bridgehead atoms. The molecule has 1 N–H and O–H groups in total. The Bertz CT molecular complexity index is 1280. The Labute approximate surface area is 177 Å². The van der Waals surface area contributed by atoms with E-state index < -0.39 is 0 Å². The van der Waals surface area contributed by atoms with Gasteiger partial charge in [0.05, 0.1) is 18.4 Å². The molecule has 2 aromatic heterocycles. The summed E-state index contributed by atoms with van der Waals surface area (Å²) in [5, 5.41) is 13.0. The van der Waals surface area contributed by atoms with Gasteiger partial charge >= 0.3 is 0 Å². The van der Waals surface area contributed by atoms with Crippen molar-refractivity contribution in [3.63, 3.8) is 0 Å². The second-order valence-electron chi connectivity index (χ2n) is 6.87. The van der Waals surface area contributed by atoms with Crippen molar-refractivity contribution in [2.45, 2.75) is 19.0 Å². The molecule has 2 heterocycles. The molecule has 0 aliphatic carbocycles. The van der Waals surface area contributed by atoms with Crippen LogP contribution >= 0.6 is 11.8 Å². The maximum absolute atomic E-state index is 12.4. The Kier molecular flexibility index (Phi) is 5.41. The summed E-state index contributed by atoms with van der Waals surface area (Å²) >= 11 is 1.31. The van der Waals surface area contributed by atoms with Gasteiger partial charge in [-0.25, -0.2) is 0 Å². The van der Waals surface area contributed by atoms with Crippen LogP contribution in [0, 0.1) is 6.92 Å². The van der Waals surface area contributed by atoms with Crippen LogP contribution in [0.5, 0.6) is 5.75 Å². The average molecular weight is 420 g/mol. The number of thioether (sulfide) groups is 1. The number of rotatable bonds is 6. The van der Waals surface area contributed by atoms with E-state index in [4.69, 9.17) is 4.74 Å². The van der Waals surface area contributed by atoms with E-state index in [-0.39, 0.29) is 17.4 Å². The third kappa shape index (κ3) is 3.86. The van der Waals surface area contributed by atoms with Crippen molar-refractivity contribution < 1.29 is 14.3 Å². The van der Waals surface area contributed by atoms with Gasteiger partial charge in [-0.3, -0.25) is 14.0 Å². The lowest BCUT2D eigenvalue weighted by molar-refractivity contribution is -0.113. The molecule has 152 valence electrons. The van der Waals surface area contributed by atoms with Gasteiger partial charge in [-0.05, 0) is 55.8 Å². The lowest BCUT2D eigenvalue weighted by Crippen LogP contribution is -2.14. The molecule has 8 heteroatoms. The fourth-order valence-corrected chi connectivity index (χ4v) is 4.00. The maximum atomic E-state index is 12.4. The molecule has 0 fully saturated rings. The number of ketones is 1. The van der Waals surface area contributed by atoms with E-state index in [0.717, 1.165) is 27.9 Å². The predicted octanol–water partition coefficient (Wildman–Crippen LogP) is 4.13. The summed E-state index contributed by atoms with van der Waals surface area (Å²) in [5.41, 5.74) is 3.83. The van der Waals surface area contributed by atoms with E-state index in [0.29, 0.717) is 16.4 Å². The van der Waals surface area contributed by atoms with Gasteiger partial charge in [-0.15, -0.1) is 10.2 Å². The topological polar surface area (TPSA) is 85.6 Å². The molecule has 2 aromatic carbocycles. The highest BCUT2D eigenvalue weighted by Crippen LogP contribution is 2.28. The van der Waals surface area contributed by atoms with Crippen LogP contribution in [0.15, 0.2) is 53.7 Å². The average Bonchev–Trinajstić information content (AvgIpc) is 3.17. The number of nitrogens with zero attached hydrogens (tertiary/aromatic N) is 3. The number of carbonyl (C=O) groups excluding carboxylic acids is 2. The molecule has 0 aliphatic rings. The van der Waals surface area contributed by atoms with Gasteiger partial charge in [-0.2, -0.15) is 0 Å². The van der Waals surface area contributed by atoms with E-state index in [1.165, 1.54) is 18.7 Å². The number of aromatic nitrogens is 3. The lowest BCUT2D eigenvalue weighted by atomic mass is 10.1. The molecule has 4 aromatic rings. The van der Waals surface area contributed by atoms with Crippen molar-refractivity contribution in [1.82, 2.24) is 14.6 Å². The first-order valence-electron chi connectivity index (χ1n) is 9.32.